The summed E-state index contributed by atoms with van der Waals surface area (Å²) in [6, 6.07) is 14.6. The first kappa shape index (κ1) is 20.6. The monoisotopic (exact) mass is 406 g/mol. The lowest BCUT2D eigenvalue weighted by Gasteiger charge is -2.14. The van der Waals surface area contributed by atoms with E-state index < -0.39 is 6.10 Å². The second-order valence-electron chi connectivity index (χ2n) is 10.1. The first-order valence-electron chi connectivity index (χ1n) is 10.6. The number of amides is 2. The Morgan fingerprint density at radius 1 is 0.767 bits per heavy atom. The van der Waals surface area contributed by atoms with Gasteiger partial charge in [-0.05, 0) is 59.1 Å². The Kier molecular flexibility index (Phi) is 4.97. The number of hydrogen-bond acceptors (Lipinski definition) is 3. The summed E-state index contributed by atoms with van der Waals surface area (Å²) in [7, 11) is 0. The van der Waals surface area contributed by atoms with Crippen molar-refractivity contribution in [2.45, 2.75) is 46.6 Å². The van der Waals surface area contributed by atoms with Crippen molar-refractivity contribution < 1.29 is 14.7 Å². The van der Waals surface area contributed by atoms with Crippen molar-refractivity contribution in [3.8, 4) is 0 Å². The molecule has 2 saturated carbocycles. The van der Waals surface area contributed by atoms with Gasteiger partial charge in [0.2, 0.25) is 11.8 Å². The van der Waals surface area contributed by atoms with E-state index in [-0.39, 0.29) is 34.5 Å². The zero-order valence-corrected chi connectivity index (χ0v) is 18.0. The SMILES string of the molecule is CC1(C)C[C@@H]1C(=O)Nc1ccc(C(O)c2ccc(NC(=O)[C@@H]3CC3(C)C)cc2)cc1. The predicted molar refractivity (Wildman–Crippen MR) is 118 cm³/mol. The molecule has 0 aliphatic heterocycles. The third kappa shape index (κ3) is 4.26. The molecule has 0 spiro atoms. The van der Waals surface area contributed by atoms with Crippen molar-refractivity contribution in [1.29, 1.82) is 0 Å². The molecule has 5 heteroatoms. The highest BCUT2D eigenvalue weighted by Crippen LogP contribution is 2.52. The van der Waals surface area contributed by atoms with E-state index in [2.05, 4.69) is 38.3 Å². The number of benzene rings is 2. The molecule has 3 atom stereocenters. The van der Waals surface area contributed by atoms with E-state index in [1.165, 1.54) is 0 Å². The average molecular weight is 407 g/mol. The Balaban J connectivity index is 1.35. The van der Waals surface area contributed by atoms with Gasteiger partial charge in [0.15, 0.2) is 0 Å². The molecule has 2 aromatic carbocycles. The molecule has 5 nitrogen and oxygen atoms in total. The van der Waals surface area contributed by atoms with Gasteiger partial charge in [0.1, 0.15) is 6.10 Å². The van der Waals surface area contributed by atoms with Crippen LogP contribution in [0.1, 0.15) is 57.8 Å². The van der Waals surface area contributed by atoms with Gasteiger partial charge in [-0.1, -0.05) is 52.0 Å². The molecule has 2 amide bonds. The first-order valence-corrected chi connectivity index (χ1v) is 10.6. The fraction of sp³-hybridized carbons (Fsp3) is 0.440. The van der Waals surface area contributed by atoms with Crippen LogP contribution >= 0.6 is 0 Å². The minimum Gasteiger partial charge on any atom is -0.384 e. The van der Waals surface area contributed by atoms with Crippen LogP contribution in [-0.2, 0) is 9.59 Å². The van der Waals surface area contributed by atoms with Crippen molar-refractivity contribution in [3.63, 3.8) is 0 Å². The molecule has 0 heterocycles. The number of carbonyl (C=O) groups is 2. The van der Waals surface area contributed by atoms with Crippen LogP contribution in [0.5, 0.6) is 0 Å². The molecule has 0 bridgehead atoms. The van der Waals surface area contributed by atoms with Gasteiger partial charge in [-0.3, -0.25) is 9.59 Å². The number of aliphatic hydroxyl groups is 1. The van der Waals surface area contributed by atoms with Crippen LogP contribution in [-0.4, -0.2) is 16.9 Å². The summed E-state index contributed by atoms with van der Waals surface area (Å²) in [6.07, 6.45) is 1.07. The number of nitrogens with one attached hydrogen (secondary N) is 2. The van der Waals surface area contributed by atoms with Crippen LogP contribution < -0.4 is 10.6 Å². The maximum atomic E-state index is 12.2. The third-order valence-electron chi connectivity index (χ3n) is 6.65. The topological polar surface area (TPSA) is 78.4 Å². The smallest absolute Gasteiger partial charge is 0.228 e. The predicted octanol–water partition coefficient (Wildman–Crippen LogP) is 4.74. The average Bonchev–Trinajstić information content (AvgIpc) is 3.55. The highest BCUT2D eigenvalue weighted by Gasteiger charge is 2.51. The van der Waals surface area contributed by atoms with Gasteiger partial charge >= 0.3 is 0 Å². The van der Waals surface area contributed by atoms with Gasteiger partial charge in [-0.2, -0.15) is 0 Å². The quantitative estimate of drug-likeness (QED) is 0.648. The molecular formula is C25H30N2O3. The van der Waals surface area contributed by atoms with Crippen LogP contribution in [0.3, 0.4) is 0 Å². The largest absolute Gasteiger partial charge is 0.384 e. The standard InChI is InChI=1S/C25H30N2O3/c1-24(2)13-19(24)22(29)26-17-9-5-15(6-10-17)21(28)16-7-11-18(12-8-16)27-23(30)20-14-25(20,3)4/h5-12,19-21,28H,13-14H2,1-4H3,(H,26,29)(H,27,30)/t19-,20+,21?. The Bertz CT molecular complexity index is 881. The van der Waals surface area contributed by atoms with Crippen molar-refractivity contribution in [2.75, 3.05) is 10.6 Å². The van der Waals surface area contributed by atoms with E-state index in [9.17, 15) is 14.7 Å². The van der Waals surface area contributed by atoms with Crippen molar-refractivity contribution in [3.05, 3.63) is 59.7 Å². The summed E-state index contributed by atoms with van der Waals surface area (Å²) in [4.78, 5) is 24.5. The highest BCUT2D eigenvalue weighted by molar-refractivity contribution is 5.95. The third-order valence-corrected chi connectivity index (χ3v) is 6.65. The molecule has 2 fully saturated rings. The van der Waals surface area contributed by atoms with Gasteiger partial charge in [-0.25, -0.2) is 0 Å². The maximum Gasteiger partial charge on any atom is 0.228 e. The molecule has 2 aliphatic rings. The van der Waals surface area contributed by atoms with Crippen molar-refractivity contribution in [2.24, 2.45) is 22.7 Å². The van der Waals surface area contributed by atoms with E-state index >= 15 is 0 Å². The van der Waals surface area contributed by atoms with E-state index in [0.717, 1.165) is 35.3 Å². The second kappa shape index (κ2) is 7.24. The van der Waals surface area contributed by atoms with E-state index in [1.807, 2.05) is 48.5 Å². The molecule has 30 heavy (non-hydrogen) atoms. The van der Waals surface area contributed by atoms with Gasteiger partial charge in [0, 0.05) is 23.2 Å². The molecule has 4 rings (SSSR count). The van der Waals surface area contributed by atoms with Crippen LogP contribution in [0.2, 0.25) is 0 Å². The van der Waals surface area contributed by atoms with Crippen LogP contribution in [0, 0.1) is 22.7 Å². The van der Waals surface area contributed by atoms with Crippen molar-refractivity contribution in [1.82, 2.24) is 0 Å². The van der Waals surface area contributed by atoms with Crippen molar-refractivity contribution >= 4 is 23.2 Å². The fourth-order valence-corrected chi connectivity index (χ4v) is 3.98. The molecule has 0 saturated heterocycles. The number of rotatable bonds is 6. The minimum absolute atomic E-state index is 0.0560. The summed E-state index contributed by atoms with van der Waals surface area (Å²) in [5, 5.41) is 16.6. The number of carbonyl (C=O) groups excluding carboxylic acids is 2. The maximum absolute atomic E-state index is 12.2. The lowest BCUT2D eigenvalue weighted by atomic mass is 10.0. The first-order chi connectivity index (χ1) is 14.1. The zero-order valence-electron chi connectivity index (χ0n) is 18.0. The van der Waals surface area contributed by atoms with E-state index in [0.29, 0.717) is 0 Å². The lowest BCUT2D eigenvalue weighted by molar-refractivity contribution is -0.118. The van der Waals surface area contributed by atoms with Gasteiger partial charge in [0.05, 0.1) is 0 Å². The molecule has 2 aromatic rings. The zero-order chi connectivity index (χ0) is 21.7. The molecule has 1 unspecified atom stereocenters. The summed E-state index contributed by atoms with van der Waals surface area (Å²) in [6.45, 7) is 8.39. The number of hydrogen-bond donors (Lipinski definition) is 3. The summed E-state index contributed by atoms with van der Waals surface area (Å²) >= 11 is 0. The van der Waals surface area contributed by atoms with E-state index in [1.54, 1.807) is 0 Å². The van der Waals surface area contributed by atoms with Gasteiger partial charge in [0.25, 0.3) is 0 Å². The van der Waals surface area contributed by atoms with Crippen LogP contribution in [0.4, 0.5) is 11.4 Å². The Hall–Kier alpha value is -2.66. The summed E-state index contributed by atoms with van der Waals surface area (Å²) in [5.41, 5.74) is 3.16. The number of anilines is 2. The Labute approximate surface area is 177 Å². The summed E-state index contributed by atoms with van der Waals surface area (Å²) in [5.74, 6) is 0.265. The van der Waals surface area contributed by atoms with Crippen LogP contribution in [0.15, 0.2) is 48.5 Å². The number of aliphatic hydroxyl groups excluding tert-OH is 1. The van der Waals surface area contributed by atoms with E-state index in [4.69, 9.17) is 0 Å². The minimum atomic E-state index is -0.774. The molecule has 3 N–H and O–H groups in total. The second-order valence-corrected chi connectivity index (χ2v) is 10.1. The molecule has 158 valence electrons. The molecule has 0 radical (unpaired) electrons. The fourth-order valence-electron chi connectivity index (χ4n) is 3.98. The normalized spacial score (nSPS) is 23.9. The van der Waals surface area contributed by atoms with Crippen LogP contribution in [0.25, 0.3) is 0 Å². The molecule has 0 aromatic heterocycles. The summed E-state index contributed by atoms with van der Waals surface area (Å²) < 4.78 is 0. The molecule has 2 aliphatic carbocycles. The Morgan fingerprint density at radius 2 is 1.07 bits per heavy atom. The Morgan fingerprint density at radius 3 is 1.33 bits per heavy atom. The lowest BCUT2D eigenvalue weighted by Crippen LogP contribution is -2.16. The molecular weight excluding hydrogens is 376 g/mol. The van der Waals surface area contributed by atoms with Gasteiger partial charge in [-0.15, -0.1) is 0 Å². The highest BCUT2D eigenvalue weighted by atomic mass is 16.3. The van der Waals surface area contributed by atoms with Gasteiger partial charge < -0.3 is 15.7 Å².